The average molecular weight is 268 g/mol. The molecule has 0 aliphatic heterocycles. The Hall–Kier alpha value is 0.0400. The van der Waals surface area contributed by atoms with Crippen LogP contribution in [0.15, 0.2) is 32.6 Å². The molecule has 0 aromatic carbocycles. The zero-order valence-corrected chi connectivity index (χ0v) is 8.06. The lowest BCUT2D eigenvalue weighted by atomic mass is 10.1. The summed E-state index contributed by atoms with van der Waals surface area (Å²) in [7, 11) is 0. The predicted molar refractivity (Wildman–Crippen MR) is 51.4 cm³/mol. The van der Waals surface area contributed by atoms with Crippen LogP contribution in [-0.4, -0.2) is 5.11 Å². The fraction of sp³-hybridized carbons (Fsp3) is 0.143. The van der Waals surface area contributed by atoms with Crippen LogP contribution in [0.5, 0.6) is 0 Å². The first-order valence-corrected chi connectivity index (χ1v) is 4.29. The quantitative estimate of drug-likeness (QED) is 0.528. The van der Waals surface area contributed by atoms with E-state index in [2.05, 4.69) is 22.6 Å². The second-order valence-electron chi connectivity index (χ2n) is 1.89. The van der Waals surface area contributed by atoms with Crippen LogP contribution in [0.1, 0.15) is 6.42 Å². The van der Waals surface area contributed by atoms with Gasteiger partial charge in [0.15, 0.2) is 5.22 Å². The van der Waals surface area contributed by atoms with E-state index >= 15 is 0 Å². The largest absolute Gasteiger partial charge is 0.498 e. The van der Waals surface area contributed by atoms with Crippen LogP contribution in [0.2, 0.25) is 0 Å². The van der Waals surface area contributed by atoms with Gasteiger partial charge in [0.2, 0.25) is 0 Å². The lowest BCUT2D eigenvalue weighted by Crippen LogP contribution is -1.86. The minimum absolute atomic E-state index is 0.128. The van der Waals surface area contributed by atoms with Crippen molar-refractivity contribution in [2.75, 3.05) is 0 Å². The van der Waals surface area contributed by atoms with Crippen LogP contribution in [0.3, 0.4) is 0 Å². The maximum atomic E-state index is 8.90. The smallest absolute Gasteiger partial charge is 0.192 e. The monoisotopic (exact) mass is 268 g/mol. The number of allylic oxidation sites excluding steroid dienone is 5. The molecule has 1 aliphatic rings. The Bertz CT molecular complexity index is 224. The fourth-order valence-corrected chi connectivity index (χ4v) is 1.73. The van der Waals surface area contributed by atoms with Gasteiger partial charge in [0.05, 0.1) is 0 Å². The molecule has 3 heteroatoms. The Morgan fingerprint density at radius 1 is 1.70 bits per heavy atom. The molecule has 0 radical (unpaired) electrons. The van der Waals surface area contributed by atoms with Gasteiger partial charge in [-0.25, -0.2) is 0 Å². The molecular weight excluding hydrogens is 262 g/mol. The molecule has 1 aliphatic carbocycles. The molecule has 0 heterocycles. The molecule has 0 saturated heterocycles. The van der Waals surface area contributed by atoms with Gasteiger partial charge in [0, 0.05) is 9.15 Å². The first-order valence-electron chi connectivity index (χ1n) is 2.83. The van der Waals surface area contributed by atoms with E-state index in [1.165, 1.54) is 0 Å². The van der Waals surface area contributed by atoms with Crippen molar-refractivity contribution in [3.8, 4) is 0 Å². The van der Waals surface area contributed by atoms with Gasteiger partial charge in [-0.05, 0) is 40.6 Å². The maximum Gasteiger partial charge on any atom is 0.192 e. The van der Waals surface area contributed by atoms with Gasteiger partial charge < -0.3 is 5.11 Å². The molecule has 0 unspecified atom stereocenters. The minimum Gasteiger partial charge on any atom is -0.498 e. The second-order valence-corrected chi connectivity index (χ2v) is 3.41. The van der Waals surface area contributed by atoms with Crippen LogP contribution in [0, 0.1) is 0 Å². The van der Waals surface area contributed by atoms with Crippen molar-refractivity contribution < 1.29 is 5.11 Å². The number of hydrogen-bond acceptors (Lipinski definition) is 1. The van der Waals surface area contributed by atoms with Crippen LogP contribution in [-0.2, 0) is 0 Å². The van der Waals surface area contributed by atoms with Gasteiger partial charge >= 0.3 is 0 Å². The number of hydrogen-bond donors (Lipinski definition) is 1. The van der Waals surface area contributed by atoms with E-state index in [-0.39, 0.29) is 5.22 Å². The standard InChI is InChI=1S/C7H6ClIO/c8-7(10)5-3-1-2-4-6(5)9/h1,3-4,10H,2H2/b7-5+. The third kappa shape index (κ3) is 1.76. The summed E-state index contributed by atoms with van der Waals surface area (Å²) in [5.41, 5.74) is 0.716. The average Bonchev–Trinajstić information content (AvgIpc) is 1.88. The van der Waals surface area contributed by atoms with Gasteiger partial charge in [0.25, 0.3) is 0 Å². The van der Waals surface area contributed by atoms with E-state index in [0.29, 0.717) is 5.57 Å². The van der Waals surface area contributed by atoms with E-state index < -0.39 is 0 Å². The first kappa shape index (κ1) is 8.14. The van der Waals surface area contributed by atoms with Crippen molar-refractivity contribution >= 4 is 34.2 Å². The van der Waals surface area contributed by atoms with Crippen LogP contribution in [0.4, 0.5) is 0 Å². The third-order valence-electron chi connectivity index (χ3n) is 1.20. The van der Waals surface area contributed by atoms with Crippen LogP contribution < -0.4 is 0 Å². The highest BCUT2D eigenvalue weighted by molar-refractivity contribution is 14.1. The first-order chi connectivity index (χ1) is 4.72. The molecule has 0 bridgehead atoms. The molecule has 0 atom stereocenters. The summed E-state index contributed by atoms with van der Waals surface area (Å²) in [5.74, 6) is 0. The Morgan fingerprint density at radius 3 is 2.80 bits per heavy atom. The molecule has 54 valence electrons. The summed E-state index contributed by atoms with van der Waals surface area (Å²) in [6.45, 7) is 0. The van der Waals surface area contributed by atoms with Crippen LogP contribution in [0.25, 0.3) is 0 Å². The highest BCUT2D eigenvalue weighted by Crippen LogP contribution is 2.26. The molecule has 1 nitrogen and oxygen atoms in total. The summed E-state index contributed by atoms with van der Waals surface area (Å²) < 4.78 is 1.01. The lowest BCUT2D eigenvalue weighted by Gasteiger charge is -2.04. The van der Waals surface area contributed by atoms with Crippen molar-refractivity contribution in [2.24, 2.45) is 0 Å². The molecule has 0 aromatic heterocycles. The Morgan fingerprint density at radius 2 is 2.40 bits per heavy atom. The molecule has 0 aromatic rings. The van der Waals surface area contributed by atoms with E-state index in [4.69, 9.17) is 16.7 Å². The van der Waals surface area contributed by atoms with Crippen LogP contribution >= 0.6 is 34.2 Å². The van der Waals surface area contributed by atoms with Crippen molar-refractivity contribution in [3.05, 3.63) is 32.6 Å². The number of halogens is 2. The van der Waals surface area contributed by atoms with E-state index in [9.17, 15) is 0 Å². The normalized spacial score (nSPS) is 22.4. The second kappa shape index (κ2) is 3.44. The molecule has 1 rings (SSSR count). The van der Waals surface area contributed by atoms with E-state index in [0.717, 1.165) is 10.0 Å². The van der Waals surface area contributed by atoms with Crippen molar-refractivity contribution in [3.63, 3.8) is 0 Å². The van der Waals surface area contributed by atoms with Gasteiger partial charge in [0.1, 0.15) is 0 Å². The van der Waals surface area contributed by atoms with E-state index in [1.54, 1.807) is 0 Å². The third-order valence-corrected chi connectivity index (χ3v) is 2.42. The lowest BCUT2D eigenvalue weighted by molar-refractivity contribution is 0.449. The number of aliphatic hydroxyl groups is 1. The molecule has 0 spiro atoms. The summed E-state index contributed by atoms with van der Waals surface area (Å²) in [5, 5.41) is 8.77. The molecule has 10 heavy (non-hydrogen) atoms. The van der Waals surface area contributed by atoms with Crippen molar-refractivity contribution in [2.45, 2.75) is 6.42 Å². The highest BCUT2D eigenvalue weighted by Gasteiger charge is 2.05. The topological polar surface area (TPSA) is 20.2 Å². The van der Waals surface area contributed by atoms with Gasteiger partial charge in [-0.1, -0.05) is 18.2 Å². The van der Waals surface area contributed by atoms with Gasteiger partial charge in [-0.3, -0.25) is 0 Å². The summed E-state index contributed by atoms with van der Waals surface area (Å²) in [6, 6.07) is 0. The summed E-state index contributed by atoms with van der Waals surface area (Å²) >= 11 is 7.53. The van der Waals surface area contributed by atoms with Gasteiger partial charge in [-0.2, -0.15) is 0 Å². The fourth-order valence-electron chi connectivity index (χ4n) is 0.714. The Kier molecular flexibility index (Phi) is 2.80. The molecule has 0 saturated carbocycles. The molecule has 0 amide bonds. The number of rotatable bonds is 0. The zero-order chi connectivity index (χ0) is 7.56. The Labute approximate surface area is 78.2 Å². The van der Waals surface area contributed by atoms with Crippen molar-refractivity contribution in [1.82, 2.24) is 0 Å². The summed E-state index contributed by atoms with van der Waals surface area (Å²) in [4.78, 5) is 0. The predicted octanol–water partition coefficient (Wildman–Crippen LogP) is 3.27. The SMILES string of the molecule is O/C(Cl)=C1\C=CCC=C1I. The van der Waals surface area contributed by atoms with Gasteiger partial charge in [-0.15, -0.1) is 0 Å². The molecule has 0 fully saturated rings. The summed E-state index contributed by atoms with van der Waals surface area (Å²) in [6.07, 6.45) is 6.71. The highest BCUT2D eigenvalue weighted by atomic mass is 127. The van der Waals surface area contributed by atoms with E-state index in [1.807, 2.05) is 18.2 Å². The van der Waals surface area contributed by atoms with Crippen molar-refractivity contribution in [1.29, 1.82) is 0 Å². The number of aliphatic hydroxyl groups excluding tert-OH is 1. The minimum atomic E-state index is -0.128. The maximum absolute atomic E-state index is 8.90. The molecular formula is C7H6ClIO. The zero-order valence-electron chi connectivity index (χ0n) is 5.14. The Balaban J connectivity index is 2.97. The molecule has 1 N–H and O–H groups in total.